The van der Waals surface area contributed by atoms with Gasteiger partial charge in [-0.15, -0.1) is 0 Å². The topological polar surface area (TPSA) is 327 Å². The van der Waals surface area contributed by atoms with Gasteiger partial charge < -0.3 is 53.8 Å². The molecule has 12 N–H and O–H groups in total. The van der Waals surface area contributed by atoms with E-state index in [1.165, 1.54) is 0 Å². The molecule has 0 saturated heterocycles. The van der Waals surface area contributed by atoms with Gasteiger partial charge in [0.25, 0.3) is 0 Å². The Kier molecular flexibility index (Phi) is 21.4. The summed E-state index contributed by atoms with van der Waals surface area (Å²) >= 11 is 0. The third-order valence-electron chi connectivity index (χ3n) is 8.16. The van der Waals surface area contributed by atoms with Crippen LogP contribution in [-0.4, -0.2) is 108 Å². The molecule has 0 unspecified atom stereocenters. The number of nitrogens with two attached hydrogens (primary N) is 2. The summed E-state index contributed by atoms with van der Waals surface area (Å²) in [5.74, 6) is -9.50. The molecule has 0 aliphatic heterocycles. The van der Waals surface area contributed by atoms with Gasteiger partial charge in [0.15, 0.2) is 0 Å². The maximum absolute atomic E-state index is 13.5. The Balaban J connectivity index is 2.86. The molecule has 0 aliphatic carbocycles. The number of rotatable bonds is 25. The number of carboxylic acids is 1. The third-order valence-corrected chi connectivity index (χ3v) is 8.16. The number of amides is 9. The van der Waals surface area contributed by atoms with Gasteiger partial charge in [-0.3, -0.25) is 43.2 Å². The van der Waals surface area contributed by atoms with Gasteiger partial charge in [-0.05, 0) is 36.2 Å². The van der Waals surface area contributed by atoms with E-state index in [0.29, 0.717) is 11.6 Å². The molecule has 0 radical (unpaired) electrons. The second kappa shape index (κ2) is 25.0. The number of carbonyl (C=O) groups excluding carboxylic acids is 9. The summed E-state index contributed by atoms with van der Waals surface area (Å²) in [4.78, 5) is 125. The molecule has 1 rings (SSSR count). The molecule has 1 aromatic carbocycles. The normalized spacial score (nSPS) is 13.7. The first kappa shape index (κ1) is 49.7. The van der Waals surface area contributed by atoms with E-state index >= 15 is 0 Å². The smallest absolute Gasteiger partial charge is 0.326 e. The number of carboxylic acid groups (broad SMARTS) is 1. The summed E-state index contributed by atoms with van der Waals surface area (Å²) in [6.45, 7) is 9.35. The molecule has 0 spiro atoms. The number of aliphatic carboxylic acids is 1. The van der Waals surface area contributed by atoms with Crippen LogP contribution in [0.4, 0.5) is 0 Å². The van der Waals surface area contributed by atoms with Crippen LogP contribution in [0.3, 0.4) is 0 Å². The maximum atomic E-state index is 13.5. The number of carbonyl (C=O) groups is 10. The van der Waals surface area contributed by atoms with Crippen molar-refractivity contribution < 1.29 is 53.1 Å². The van der Waals surface area contributed by atoms with Crippen LogP contribution in [0.1, 0.15) is 66.4 Å². The molecule has 9 amide bonds. The highest BCUT2D eigenvalue weighted by molar-refractivity contribution is 6.01. The van der Waals surface area contributed by atoms with Crippen molar-refractivity contribution in [1.29, 1.82) is 0 Å². The van der Waals surface area contributed by atoms with Crippen LogP contribution in [0, 0.1) is 17.8 Å². The Morgan fingerprint density at radius 1 is 0.603 bits per heavy atom. The number of hydrogen-bond acceptors (Lipinski definition) is 10. The highest BCUT2D eigenvalue weighted by Gasteiger charge is 2.32. The summed E-state index contributed by atoms with van der Waals surface area (Å²) in [6, 6.07) is 2.38. The van der Waals surface area contributed by atoms with Gasteiger partial charge >= 0.3 is 5.97 Å². The van der Waals surface area contributed by atoms with Crippen molar-refractivity contribution in [1.82, 2.24) is 37.2 Å². The minimum Gasteiger partial charge on any atom is -0.480 e. The monoisotopic (exact) mass is 815 g/mol. The Labute approximate surface area is 336 Å². The SMILES string of the molecule is CC(C)C[C@H](NC(=O)[C@H](CC(N)=O)NC(=O)/C=C/C(=O)NCC(=O)NCC(=O)N[C@@H](Cc1ccccc1)C(=O)O)C(=O)N[C@@H](CC(C)C)C(=O)N[C@H](C(N)=O)C(C)C. The summed E-state index contributed by atoms with van der Waals surface area (Å²) in [6.07, 6.45) is 1.02. The van der Waals surface area contributed by atoms with Crippen molar-refractivity contribution in [2.75, 3.05) is 13.1 Å². The van der Waals surface area contributed by atoms with Gasteiger partial charge in [0.05, 0.1) is 19.5 Å². The first-order valence-corrected chi connectivity index (χ1v) is 18.7. The Morgan fingerprint density at radius 2 is 1.10 bits per heavy atom. The molecule has 320 valence electrons. The molecular weight excluding hydrogens is 758 g/mol. The summed E-state index contributed by atoms with van der Waals surface area (Å²) in [7, 11) is 0. The molecule has 58 heavy (non-hydrogen) atoms. The van der Waals surface area contributed by atoms with Crippen LogP contribution in [0.25, 0.3) is 0 Å². The minimum absolute atomic E-state index is 0.0106. The fraction of sp³-hybridized carbons (Fsp3) is 0.526. The maximum Gasteiger partial charge on any atom is 0.326 e. The van der Waals surface area contributed by atoms with E-state index in [1.54, 1.807) is 58.0 Å². The molecule has 1 aromatic rings. The summed E-state index contributed by atoms with van der Waals surface area (Å²) < 4.78 is 0. The highest BCUT2D eigenvalue weighted by Crippen LogP contribution is 2.11. The number of nitrogens with one attached hydrogen (secondary N) is 7. The van der Waals surface area contributed by atoms with Crippen LogP contribution in [-0.2, 0) is 54.4 Å². The molecule has 20 nitrogen and oxygen atoms in total. The first-order chi connectivity index (χ1) is 27.1. The van der Waals surface area contributed by atoms with Crippen molar-refractivity contribution in [2.45, 2.75) is 97.4 Å². The molecule has 0 aromatic heterocycles. The van der Waals surface area contributed by atoms with Crippen LogP contribution in [0.15, 0.2) is 42.5 Å². The fourth-order valence-corrected chi connectivity index (χ4v) is 5.32. The second-order valence-electron chi connectivity index (χ2n) is 14.7. The zero-order chi connectivity index (χ0) is 44.1. The van der Waals surface area contributed by atoms with Crippen LogP contribution >= 0.6 is 0 Å². The van der Waals surface area contributed by atoms with Gasteiger partial charge in [0.2, 0.25) is 53.2 Å². The van der Waals surface area contributed by atoms with E-state index < -0.39 is 109 Å². The Bertz CT molecular complexity index is 1670. The number of primary amides is 2. The van der Waals surface area contributed by atoms with Gasteiger partial charge in [-0.25, -0.2) is 4.79 Å². The van der Waals surface area contributed by atoms with Crippen LogP contribution < -0.4 is 48.7 Å². The first-order valence-electron chi connectivity index (χ1n) is 18.7. The van der Waals surface area contributed by atoms with Gasteiger partial charge in [0, 0.05) is 18.6 Å². The lowest BCUT2D eigenvalue weighted by Crippen LogP contribution is -2.59. The van der Waals surface area contributed by atoms with E-state index in [1.807, 2.05) is 13.8 Å². The van der Waals surface area contributed by atoms with Gasteiger partial charge in [0.1, 0.15) is 30.2 Å². The molecule has 0 aliphatic rings. The Morgan fingerprint density at radius 3 is 1.59 bits per heavy atom. The van der Waals surface area contributed by atoms with E-state index in [0.717, 1.165) is 6.08 Å². The van der Waals surface area contributed by atoms with Crippen molar-refractivity contribution in [3.8, 4) is 0 Å². The lowest BCUT2D eigenvalue weighted by atomic mass is 9.98. The number of benzene rings is 1. The van der Waals surface area contributed by atoms with Crippen LogP contribution in [0.2, 0.25) is 0 Å². The van der Waals surface area contributed by atoms with Crippen molar-refractivity contribution >= 4 is 59.1 Å². The van der Waals surface area contributed by atoms with Crippen molar-refractivity contribution in [3.05, 3.63) is 48.0 Å². The van der Waals surface area contributed by atoms with E-state index in [9.17, 15) is 53.1 Å². The van der Waals surface area contributed by atoms with Crippen molar-refractivity contribution in [3.63, 3.8) is 0 Å². The lowest BCUT2D eigenvalue weighted by Gasteiger charge is -2.28. The van der Waals surface area contributed by atoms with E-state index in [2.05, 4.69) is 37.2 Å². The highest BCUT2D eigenvalue weighted by atomic mass is 16.4. The Hall–Kier alpha value is -6.34. The van der Waals surface area contributed by atoms with E-state index in [4.69, 9.17) is 11.5 Å². The molecule has 0 heterocycles. The standard InChI is InChI=1S/C38H57N9O11/c1-20(2)14-24(35(54)46-25(15-21(3)4)37(56)47-33(22(5)6)34(40)53)45-36(55)26(17-28(39)48)43-30(50)13-12-29(49)41-18-31(51)42-19-32(52)44-27(38(57)58)16-23-10-8-7-9-11-23/h7-13,20-22,24-27,33H,14-19H2,1-6H3,(H2,39,48)(H2,40,53)(H,41,49)(H,42,51)(H,43,50)(H,44,52)(H,45,55)(H,46,54)(H,47,56)(H,57,58)/b13-12+/t24-,25-,26-,27-,33-/m0/s1. The summed E-state index contributed by atoms with van der Waals surface area (Å²) in [5, 5.41) is 26.1. The fourth-order valence-electron chi connectivity index (χ4n) is 5.32. The predicted octanol–water partition coefficient (Wildman–Crippen LogP) is -2.36. The lowest BCUT2D eigenvalue weighted by molar-refractivity contribution is -0.141. The molecule has 0 fully saturated rings. The van der Waals surface area contributed by atoms with Gasteiger partial charge in [-0.2, -0.15) is 0 Å². The molecule has 0 saturated carbocycles. The van der Waals surface area contributed by atoms with E-state index in [-0.39, 0.29) is 37.0 Å². The minimum atomic E-state index is -1.59. The summed E-state index contributed by atoms with van der Waals surface area (Å²) in [5.41, 5.74) is 11.4. The molecule has 0 bridgehead atoms. The largest absolute Gasteiger partial charge is 0.480 e. The van der Waals surface area contributed by atoms with Crippen LogP contribution in [0.5, 0.6) is 0 Å². The third kappa shape index (κ3) is 20.0. The van der Waals surface area contributed by atoms with Crippen molar-refractivity contribution in [2.24, 2.45) is 29.2 Å². The average molecular weight is 816 g/mol. The quantitative estimate of drug-likeness (QED) is 0.0465. The zero-order valence-corrected chi connectivity index (χ0v) is 33.6. The molecule has 20 heteroatoms. The predicted molar refractivity (Wildman–Crippen MR) is 209 cm³/mol. The average Bonchev–Trinajstić information content (AvgIpc) is 3.12. The number of hydrogen-bond donors (Lipinski definition) is 10. The molecular formula is C38H57N9O11. The zero-order valence-electron chi connectivity index (χ0n) is 33.6. The molecule has 5 atom stereocenters. The van der Waals surface area contributed by atoms with Gasteiger partial charge in [-0.1, -0.05) is 71.9 Å². The second-order valence-corrected chi connectivity index (χ2v) is 14.7.